The van der Waals surface area contributed by atoms with Crippen molar-refractivity contribution in [2.45, 2.75) is 6.54 Å². The summed E-state index contributed by atoms with van der Waals surface area (Å²) in [7, 11) is 2.81. The van der Waals surface area contributed by atoms with Crippen molar-refractivity contribution in [3.05, 3.63) is 59.2 Å². The minimum atomic E-state index is -0.417. The second-order valence-electron chi connectivity index (χ2n) is 5.28. The lowest BCUT2D eigenvalue weighted by Gasteiger charge is -2.10. The van der Waals surface area contributed by atoms with E-state index in [1.54, 1.807) is 36.4 Å². The van der Waals surface area contributed by atoms with Gasteiger partial charge >= 0.3 is 5.97 Å². The quantitative estimate of drug-likeness (QED) is 0.574. The molecule has 1 amide bonds. The molecule has 0 spiro atoms. The van der Waals surface area contributed by atoms with Crippen LogP contribution in [0.25, 0.3) is 0 Å². The number of amides is 1. The van der Waals surface area contributed by atoms with Crippen LogP contribution in [0.4, 0.5) is 0 Å². The lowest BCUT2D eigenvalue weighted by atomic mass is 10.1. The fraction of sp³-hybridized carbons (Fsp3) is 0.211. The number of ether oxygens (including phenoxy) is 3. The van der Waals surface area contributed by atoms with E-state index in [0.29, 0.717) is 28.9 Å². The predicted molar refractivity (Wildman–Crippen MR) is 93.5 cm³/mol. The normalized spacial score (nSPS) is 9.92. The van der Waals surface area contributed by atoms with Crippen molar-refractivity contribution >= 4 is 18.2 Å². The molecule has 0 fully saturated rings. The Kier molecular flexibility index (Phi) is 6.73. The second kappa shape index (κ2) is 9.22. The molecule has 7 nitrogen and oxygen atoms in total. The summed E-state index contributed by atoms with van der Waals surface area (Å²) in [6.45, 7) is 0.0558. The number of nitrogens with one attached hydrogen (secondary N) is 1. The van der Waals surface area contributed by atoms with Gasteiger partial charge in [0.2, 0.25) is 0 Å². The van der Waals surface area contributed by atoms with Gasteiger partial charge in [0, 0.05) is 6.54 Å². The van der Waals surface area contributed by atoms with Crippen molar-refractivity contribution in [3.63, 3.8) is 0 Å². The number of methoxy groups -OCH3 is 2. The van der Waals surface area contributed by atoms with Crippen molar-refractivity contribution < 1.29 is 28.6 Å². The van der Waals surface area contributed by atoms with Gasteiger partial charge in [-0.15, -0.1) is 0 Å². The van der Waals surface area contributed by atoms with Crippen LogP contribution in [0.2, 0.25) is 0 Å². The zero-order valence-corrected chi connectivity index (χ0v) is 14.5. The van der Waals surface area contributed by atoms with Gasteiger partial charge in [0.25, 0.3) is 5.91 Å². The van der Waals surface area contributed by atoms with Gasteiger partial charge in [0.05, 0.1) is 25.3 Å². The molecule has 1 N–H and O–H groups in total. The van der Waals surface area contributed by atoms with Gasteiger partial charge in [-0.2, -0.15) is 0 Å². The molecule has 0 aromatic heterocycles. The molecule has 0 bridgehead atoms. The van der Waals surface area contributed by atoms with Crippen molar-refractivity contribution in [3.8, 4) is 11.5 Å². The molecule has 0 unspecified atom stereocenters. The highest BCUT2D eigenvalue weighted by Crippen LogP contribution is 2.22. The van der Waals surface area contributed by atoms with E-state index in [9.17, 15) is 14.4 Å². The number of benzene rings is 2. The average Bonchev–Trinajstić information content (AvgIpc) is 2.70. The summed E-state index contributed by atoms with van der Waals surface area (Å²) in [5.41, 5.74) is 1.56. The first-order chi connectivity index (χ1) is 12.6. The van der Waals surface area contributed by atoms with Crippen molar-refractivity contribution in [2.75, 3.05) is 20.8 Å². The van der Waals surface area contributed by atoms with Crippen molar-refractivity contribution in [1.29, 1.82) is 0 Å². The summed E-state index contributed by atoms with van der Waals surface area (Å²) >= 11 is 0. The van der Waals surface area contributed by atoms with E-state index in [1.807, 2.05) is 0 Å². The van der Waals surface area contributed by atoms with Gasteiger partial charge in [-0.3, -0.25) is 9.59 Å². The van der Waals surface area contributed by atoms with E-state index in [-0.39, 0.29) is 19.1 Å². The number of carbonyl (C=O) groups is 3. The molecule has 136 valence electrons. The largest absolute Gasteiger partial charge is 0.497 e. The highest BCUT2D eigenvalue weighted by Gasteiger charge is 2.09. The Bertz CT molecular complexity index is 785. The summed E-state index contributed by atoms with van der Waals surface area (Å²) in [5, 5.41) is 2.70. The Morgan fingerprint density at radius 1 is 1.08 bits per heavy atom. The third kappa shape index (κ3) is 5.07. The maximum atomic E-state index is 11.9. The predicted octanol–water partition coefficient (Wildman–Crippen LogP) is 1.99. The Labute approximate surface area is 150 Å². The fourth-order valence-electron chi connectivity index (χ4n) is 2.15. The number of hydrogen-bond acceptors (Lipinski definition) is 6. The zero-order valence-electron chi connectivity index (χ0n) is 14.5. The molecule has 26 heavy (non-hydrogen) atoms. The van der Waals surface area contributed by atoms with Crippen LogP contribution < -0.4 is 14.8 Å². The lowest BCUT2D eigenvalue weighted by Crippen LogP contribution is -2.28. The zero-order chi connectivity index (χ0) is 18.9. The van der Waals surface area contributed by atoms with Crippen LogP contribution in [-0.4, -0.2) is 39.0 Å². The molecule has 7 heteroatoms. The molecule has 0 atom stereocenters. The van der Waals surface area contributed by atoms with Crippen LogP contribution in [0.3, 0.4) is 0 Å². The smallest absolute Gasteiger partial charge is 0.337 e. The summed E-state index contributed by atoms with van der Waals surface area (Å²) in [5.74, 6) is 0.0758. The number of aldehydes is 1. The Morgan fingerprint density at radius 2 is 1.81 bits per heavy atom. The monoisotopic (exact) mass is 357 g/mol. The van der Waals surface area contributed by atoms with E-state index in [4.69, 9.17) is 9.47 Å². The van der Waals surface area contributed by atoms with Crippen LogP contribution in [0.15, 0.2) is 42.5 Å². The molecule has 0 heterocycles. The SMILES string of the molecule is COC(=O)c1ccc(CNC(=O)COc2ccc(OC)cc2C=O)cc1. The minimum Gasteiger partial charge on any atom is -0.497 e. The molecule has 2 rings (SSSR count). The van der Waals surface area contributed by atoms with Crippen LogP contribution in [0.1, 0.15) is 26.3 Å². The number of hydrogen-bond donors (Lipinski definition) is 1. The highest BCUT2D eigenvalue weighted by atomic mass is 16.5. The van der Waals surface area contributed by atoms with Gasteiger partial charge in [0.1, 0.15) is 11.5 Å². The van der Waals surface area contributed by atoms with Gasteiger partial charge in [-0.1, -0.05) is 12.1 Å². The fourth-order valence-corrected chi connectivity index (χ4v) is 2.15. The Hall–Kier alpha value is -3.35. The molecule has 0 saturated heterocycles. The third-order valence-corrected chi connectivity index (χ3v) is 3.57. The van der Waals surface area contributed by atoms with Gasteiger partial charge < -0.3 is 19.5 Å². The van der Waals surface area contributed by atoms with Crippen molar-refractivity contribution in [1.82, 2.24) is 5.32 Å². The van der Waals surface area contributed by atoms with E-state index in [0.717, 1.165) is 5.56 Å². The summed E-state index contributed by atoms with van der Waals surface area (Å²) in [6.07, 6.45) is 0.638. The van der Waals surface area contributed by atoms with Gasteiger partial charge in [0.15, 0.2) is 12.9 Å². The van der Waals surface area contributed by atoms with Gasteiger partial charge in [-0.25, -0.2) is 4.79 Å². The Morgan fingerprint density at radius 3 is 2.42 bits per heavy atom. The van der Waals surface area contributed by atoms with Crippen molar-refractivity contribution in [2.24, 2.45) is 0 Å². The van der Waals surface area contributed by atoms with E-state index in [1.165, 1.54) is 20.3 Å². The van der Waals surface area contributed by atoms with E-state index >= 15 is 0 Å². The van der Waals surface area contributed by atoms with Crippen LogP contribution in [0, 0.1) is 0 Å². The third-order valence-electron chi connectivity index (χ3n) is 3.57. The molecular formula is C19H19NO6. The van der Waals surface area contributed by atoms with E-state index in [2.05, 4.69) is 10.1 Å². The van der Waals surface area contributed by atoms with Crippen LogP contribution in [-0.2, 0) is 16.1 Å². The topological polar surface area (TPSA) is 90.9 Å². The molecule has 0 saturated carbocycles. The molecule has 0 radical (unpaired) electrons. The molecule has 2 aromatic rings. The maximum absolute atomic E-state index is 11.9. The maximum Gasteiger partial charge on any atom is 0.337 e. The Balaban J connectivity index is 1.86. The molecule has 0 aliphatic heterocycles. The minimum absolute atomic E-state index is 0.229. The second-order valence-corrected chi connectivity index (χ2v) is 5.28. The molecule has 0 aliphatic rings. The molecular weight excluding hydrogens is 338 g/mol. The van der Waals surface area contributed by atoms with Crippen LogP contribution in [0.5, 0.6) is 11.5 Å². The summed E-state index contributed by atoms with van der Waals surface area (Å²) in [4.78, 5) is 34.4. The first kappa shape index (κ1) is 19.0. The standard InChI is InChI=1S/C19H19NO6/c1-24-16-7-8-17(15(9-16)11-21)26-12-18(22)20-10-13-3-5-14(6-4-13)19(23)25-2/h3-9,11H,10,12H2,1-2H3,(H,20,22). The highest BCUT2D eigenvalue weighted by molar-refractivity contribution is 5.89. The number of esters is 1. The van der Waals surface area contributed by atoms with E-state index < -0.39 is 5.97 Å². The summed E-state index contributed by atoms with van der Waals surface area (Å²) in [6, 6.07) is 11.4. The lowest BCUT2D eigenvalue weighted by molar-refractivity contribution is -0.123. The average molecular weight is 357 g/mol. The number of carbonyl (C=O) groups excluding carboxylic acids is 3. The summed E-state index contributed by atoms with van der Waals surface area (Å²) < 4.78 is 15.0. The van der Waals surface area contributed by atoms with Crippen LogP contribution >= 0.6 is 0 Å². The van der Waals surface area contributed by atoms with Gasteiger partial charge in [-0.05, 0) is 35.9 Å². The molecule has 0 aliphatic carbocycles. The number of rotatable bonds is 8. The molecule has 2 aromatic carbocycles. The first-order valence-electron chi connectivity index (χ1n) is 7.77. The first-order valence-corrected chi connectivity index (χ1v) is 7.77.